The standard InChI is InChI=1S/C34H43N3O5/c1-24(2)33(37-32(40)23-27-16-10-11-17-30(27)42-3)34(41)36-28(22-26-14-8-5-9-15-26)29(38)18-19-31(39)35-21-20-25-12-6-4-7-13-25/h4-17,24,28-29,33,38H,18-23H2,1-3H3,(H,35,39)(H,36,41)(H,37,40)/t28-,29-,33?/m0/s1. The van der Waals surface area contributed by atoms with Gasteiger partial charge in [-0.1, -0.05) is 92.7 Å². The van der Waals surface area contributed by atoms with E-state index in [-0.39, 0.29) is 42.9 Å². The molecule has 0 radical (unpaired) electrons. The lowest BCUT2D eigenvalue weighted by Crippen LogP contribution is -2.55. The molecule has 224 valence electrons. The summed E-state index contributed by atoms with van der Waals surface area (Å²) < 4.78 is 5.35. The Hall–Kier alpha value is -4.17. The number of amides is 3. The molecule has 0 bridgehead atoms. The Morgan fingerprint density at radius 2 is 1.43 bits per heavy atom. The van der Waals surface area contributed by atoms with E-state index in [0.717, 1.165) is 23.1 Å². The van der Waals surface area contributed by atoms with Crippen LogP contribution in [0.1, 0.15) is 43.4 Å². The summed E-state index contributed by atoms with van der Waals surface area (Å²) in [5.41, 5.74) is 2.80. The minimum atomic E-state index is -0.967. The van der Waals surface area contributed by atoms with E-state index in [2.05, 4.69) is 16.0 Å². The van der Waals surface area contributed by atoms with Gasteiger partial charge in [-0.3, -0.25) is 14.4 Å². The molecule has 3 aromatic carbocycles. The number of carbonyl (C=O) groups is 3. The van der Waals surface area contributed by atoms with Gasteiger partial charge in [-0.25, -0.2) is 0 Å². The molecular formula is C34H43N3O5. The van der Waals surface area contributed by atoms with E-state index in [9.17, 15) is 19.5 Å². The van der Waals surface area contributed by atoms with Crippen molar-refractivity contribution < 1.29 is 24.2 Å². The smallest absolute Gasteiger partial charge is 0.243 e. The number of ether oxygens (including phenoxy) is 1. The van der Waals surface area contributed by atoms with Crippen LogP contribution in [0.2, 0.25) is 0 Å². The van der Waals surface area contributed by atoms with E-state index >= 15 is 0 Å². The average Bonchev–Trinajstić information content (AvgIpc) is 2.99. The maximum atomic E-state index is 13.5. The highest BCUT2D eigenvalue weighted by molar-refractivity contribution is 5.89. The third-order valence-electron chi connectivity index (χ3n) is 7.15. The lowest BCUT2D eigenvalue weighted by molar-refractivity contribution is -0.130. The minimum absolute atomic E-state index is 0.0654. The Morgan fingerprint density at radius 3 is 2.07 bits per heavy atom. The van der Waals surface area contributed by atoms with Crippen LogP contribution in [0.15, 0.2) is 84.9 Å². The van der Waals surface area contributed by atoms with E-state index in [0.29, 0.717) is 18.7 Å². The van der Waals surface area contributed by atoms with Gasteiger partial charge < -0.3 is 25.8 Å². The Morgan fingerprint density at radius 1 is 0.810 bits per heavy atom. The monoisotopic (exact) mass is 573 g/mol. The van der Waals surface area contributed by atoms with Crippen molar-refractivity contribution in [2.75, 3.05) is 13.7 Å². The van der Waals surface area contributed by atoms with Gasteiger partial charge in [0.05, 0.1) is 25.7 Å². The Bertz CT molecular complexity index is 1270. The lowest BCUT2D eigenvalue weighted by Gasteiger charge is -2.28. The molecule has 1 unspecified atom stereocenters. The summed E-state index contributed by atoms with van der Waals surface area (Å²) in [5, 5.41) is 19.9. The van der Waals surface area contributed by atoms with Gasteiger partial charge in [-0.15, -0.1) is 0 Å². The largest absolute Gasteiger partial charge is 0.496 e. The number of benzene rings is 3. The molecule has 3 rings (SSSR count). The van der Waals surface area contributed by atoms with Gasteiger partial charge in [0.25, 0.3) is 0 Å². The van der Waals surface area contributed by atoms with Crippen LogP contribution in [-0.2, 0) is 33.6 Å². The molecule has 3 atom stereocenters. The topological polar surface area (TPSA) is 117 Å². The predicted octanol–water partition coefficient (Wildman–Crippen LogP) is 3.61. The predicted molar refractivity (Wildman–Crippen MR) is 164 cm³/mol. The van der Waals surface area contributed by atoms with E-state index in [1.165, 1.54) is 0 Å². The number of para-hydroxylation sites is 1. The molecule has 4 N–H and O–H groups in total. The average molecular weight is 574 g/mol. The molecule has 0 fully saturated rings. The molecular weight excluding hydrogens is 530 g/mol. The van der Waals surface area contributed by atoms with Crippen molar-refractivity contribution in [2.24, 2.45) is 5.92 Å². The van der Waals surface area contributed by atoms with Crippen LogP contribution in [0, 0.1) is 5.92 Å². The number of rotatable bonds is 16. The Labute approximate surface area is 248 Å². The van der Waals surface area contributed by atoms with Crippen molar-refractivity contribution in [1.82, 2.24) is 16.0 Å². The van der Waals surface area contributed by atoms with Crippen molar-refractivity contribution >= 4 is 17.7 Å². The third-order valence-corrected chi connectivity index (χ3v) is 7.15. The maximum Gasteiger partial charge on any atom is 0.243 e. The van der Waals surface area contributed by atoms with E-state index in [4.69, 9.17) is 4.74 Å². The molecule has 0 spiro atoms. The molecule has 3 aromatic rings. The van der Waals surface area contributed by atoms with Crippen LogP contribution in [0.5, 0.6) is 5.75 Å². The van der Waals surface area contributed by atoms with Crippen molar-refractivity contribution in [3.63, 3.8) is 0 Å². The molecule has 8 nitrogen and oxygen atoms in total. The molecule has 0 saturated heterocycles. The fraction of sp³-hybridized carbons (Fsp3) is 0.382. The van der Waals surface area contributed by atoms with Crippen LogP contribution in [0.4, 0.5) is 0 Å². The summed E-state index contributed by atoms with van der Waals surface area (Å²) in [6.07, 6.45) is 0.508. The van der Waals surface area contributed by atoms with Crippen LogP contribution < -0.4 is 20.7 Å². The fourth-order valence-corrected chi connectivity index (χ4v) is 4.76. The number of hydrogen-bond donors (Lipinski definition) is 4. The zero-order valence-corrected chi connectivity index (χ0v) is 24.7. The molecule has 0 aliphatic carbocycles. The first-order valence-electron chi connectivity index (χ1n) is 14.5. The van der Waals surface area contributed by atoms with Crippen LogP contribution in [-0.4, -0.2) is 54.7 Å². The zero-order chi connectivity index (χ0) is 30.3. The van der Waals surface area contributed by atoms with Crippen LogP contribution >= 0.6 is 0 Å². The number of aliphatic hydroxyl groups is 1. The second-order valence-corrected chi connectivity index (χ2v) is 10.8. The molecule has 3 amide bonds. The third kappa shape index (κ3) is 10.7. The highest BCUT2D eigenvalue weighted by atomic mass is 16.5. The van der Waals surface area contributed by atoms with Gasteiger partial charge in [0, 0.05) is 18.5 Å². The van der Waals surface area contributed by atoms with Gasteiger partial charge >= 0.3 is 0 Å². The molecule has 42 heavy (non-hydrogen) atoms. The number of nitrogens with one attached hydrogen (secondary N) is 3. The van der Waals surface area contributed by atoms with E-state index in [1.807, 2.05) is 92.7 Å². The highest BCUT2D eigenvalue weighted by Crippen LogP contribution is 2.18. The molecule has 8 heteroatoms. The van der Waals surface area contributed by atoms with Gasteiger partial charge in [0.15, 0.2) is 0 Å². The van der Waals surface area contributed by atoms with Gasteiger partial charge in [-0.2, -0.15) is 0 Å². The zero-order valence-electron chi connectivity index (χ0n) is 24.7. The lowest BCUT2D eigenvalue weighted by atomic mass is 9.96. The van der Waals surface area contributed by atoms with Crippen molar-refractivity contribution in [2.45, 2.75) is 64.1 Å². The van der Waals surface area contributed by atoms with Crippen molar-refractivity contribution in [3.05, 3.63) is 102 Å². The van der Waals surface area contributed by atoms with E-state index in [1.54, 1.807) is 13.2 Å². The number of aliphatic hydroxyl groups excluding tert-OH is 1. The van der Waals surface area contributed by atoms with Gasteiger partial charge in [0.2, 0.25) is 17.7 Å². The summed E-state index contributed by atoms with van der Waals surface area (Å²) in [5.74, 6) is -0.436. The SMILES string of the molecule is COc1ccccc1CC(=O)NC(C(=O)N[C@@H](Cc1ccccc1)[C@@H](O)CCC(=O)NCCc1ccccc1)C(C)C. The summed E-state index contributed by atoms with van der Waals surface area (Å²) >= 11 is 0. The van der Waals surface area contributed by atoms with Crippen molar-refractivity contribution in [1.29, 1.82) is 0 Å². The van der Waals surface area contributed by atoms with Crippen LogP contribution in [0.3, 0.4) is 0 Å². The first kappa shape index (κ1) is 32.3. The minimum Gasteiger partial charge on any atom is -0.496 e. The quantitative estimate of drug-likeness (QED) is 0.209. The number of methoxy groups -OCH3 is 1. The van der Waals surface area contributed by atoms with Crippen LogP contribution in [0.25, 0.3) is 0 Å². The number of carbonyl (C=O) groups excluding carboxylic acids is 3. The normalized spacial score (nSPS) is 13.1. The molecule has 0 saturated carbocycles. The fourth-order valence-electron chi connectivity index (χ4n) is 4.76. The summed E-state index contributed by atoms with van der Waals surface area (Å²) in [7, 11) is 1.55. The first-order valence-corrected chi connectivity index (χ1v) is 14.5. The highest BCUT2D eigenvalue weighted by Gasteiger charge is 2.29. The summed E-state index contributed by atoms with van der Waals surface area (Å²) in [6.45, 7) is 4.22. The van der Waals surface area contributed by atoms with E-state index < -0.39 is 18.2 Å². The van der Waals surface area contributed by atoms with Gasteiger partial charge in [0.1, 0.15) is 11.8 Å². The number of hydrogen-bond acceptors (Lipinski definition) is 5. The molecule has 0 heterocycles. The maximum absolute atomic E-state index is 13.5. The molecule has 0 aliphatic rings. The Balaban J connectivity index is 1.61. The second-order valence-electron chi connectivity index (χ2n) is 10.8. The molecule has 0 aromatic heterocycles. The van der Waals surface area contributed by atoms with Gasteiger partial charge in [-0.05, 0) is 42.4 Å². The first-order chi connectivity index (χ1) is 20.3. The Kier molecular flexibility index (Phi) is 13.0. The summed E-state index contributed by atoms with van der Waals surface area (Å²) in [6, 6.07) is 25.3. The molecule has 0 aliphatic heterocycles. The van der Waals surface area contributed by atoms with Crippen molar-refractivity contribution in [3.8, 4) is 5.75 Å². The summed E-state index contributed by atoms with van der Waals surface area (Å²) in [4.78, 5) is 38.9. The second kappa shape index (κ2) is 16.9.